The van der Waals surface area contributed by atoms with Crippen LogP contribution in [0, 0.1) is 0 Å². The first kappa shape index (κ1) is 28.7. The summed E-state index contributed by atoms with van der Waals surface area (Å²) in [6.45, 7) is 0.511. The van der Waals surface area contributed by atoms with Crippen molar-refractivity contribution in [2.24, 2.45) is 4.99 Å². The van der Waals surface area contributed by atoms with E-state index < -0.39 is 17.7 Å². The van der Waals surface area contributed by atoms with Gasteiger partial charge in [-0.05, 0) is 83.1 Å². The molecule has 10 heteroatoms. The van der Waals surface area contributed by atoms with Crippen LogP contribution in [0.3, 0.4) is 0 Å². The second-order valence-corrected chi connectivity index (χ2v) is 10.3. The molecule has 5 rings (SSSR count). The molecular weight excluding hydrogens is 565 g/mol. The zero-order chi connectivity index (χ0) is 29.7. The number of rotatable bonds is 8. The van der Waals surface area contributed by atoms with Gasteiger partial charge in [0, 0.05) is 0 Å². The third-order valence-corrected chi connectivity index (χ3v) is 7.28. The van der Waals surface area contributed by atoms with Gasteiger partial charge < -0.3 is 9.84 Å². The number of halogens is 3. The van der Waals surface area contributed by atoms with Crippen molar-refractivity contribution in [2.75, 3.05) is 0 Å². The van der Waals surface area contributed by atoms with E-state index in [4.69, 9.17) is 4.74 Å². The van der Waals surface area contributed by atoms with Crippen molar-refractivity contribution >= 4 is 40.6 Å². The molecule has 42 heavy (non-hydrogen) atoms. The number of ether oxygens (including phenoxy) is 1. The van der Waals surface area contributed by atoms with Gasteiger partial charge in [0.05, 0.1) is 28.3 Å². The Labute approximate surface area is 243 Å². The molecule has 212 valence electrons. The van der Waals surface area contributed by atoms with Crippen LogP contribution in [0.25, 0.3) is 6.08 Å². The molecule has 1 fully saturated rings. The monoisotopic (exact) mass is 588 g/mol. The molecule has 0 bridgehead atoms. The molecule has 0 unspecified atom stereocenters. The number of carboxylic acids is 1. The first-order valence-electron chi connectivity index (χ1n) is 12.7. The summed E-state index contributed by atoms with van der Waals surface area (Å²) in [5, 5.41) is 9.47. The van der Waals surface area contributed by atoms with Gasteiger partial charge in [0.2, 0.25) is 0 Å². The smallest absolute Gasteiger partial charge is 0.416 e. The first-order valence-corrected chi connectivity index (χ1v) is 13.5. The Morgan fingerprint density at radius 3 is 2.17 bits per heavy atom. The number of thioether (sulfide) groups is 1. The van der Waals surface area contributed by atoms with Crippen LogP contribution < -0.4 is 4.74 Å². The number of nitrogens with zero attached hydrogens (tertiary/aromatic N) is 2. The van der Waals surface area contributed by atoms with E-state index >= 15 is 0 Å². The lowest BCUT2D eigenvalue weighted by Crippen LogP contribution is -2.28. The summed E-state index contributed by atoms with van der Waals surface area (Å²) in [6.07, 6.45) is -2.76. The summed E-state index contributed by atoms with van der Waals surface area (Å²) in [5.74, 6) is -0.736. The third-order valence-electron chi connectivity index (χ3n) is 6.28. The molecule has 0 aromatic heterocycles. The summed E-state index contributed by atoms with van der Waals surface area (Å²) in [6, 6.07) is 27.5. The molecule has 1 aliphatic heterocycles. The standard InChI is InChI=1S/C32H23F3N2O4S/c33-32(34,35)25-12-14-26(15-13-25)36-31-37(19-22-6-10-24(11-7-22)30(39)40)29(38)28(42-31)18-21-8-16-27(17-9-21)41-20-23-4-2-1-3-5-23/h1-18H,19-20H2,(H,39,40)/b28-18-,36-31?. The van der Waals surface area contributed by atoms with Gasteiger partial charge in [0.25, 0.3) is 5.91 Å². The van der Waals surface area contributed by atoms with Crippen molar-refractivity contribution in [2.45, 2.75) is 19.3 Å². The van der Waals surface area contributed by atoms with E-state index in [1.54, 1.807) is 30.3 Å². The second kappa shape index (κ2) is 12.4. The van der Waals surface area contributed by atoms with Crippen LogP contribution in [-0.2, 0) is 24.1 Å². The molecule has 1 heterocycles. The SMILES string of the molecule is O=C(O)c1ccc(CN2C(=O)/C(=C/c3ccc(OCc4ccccc4)cc3)SC2=Nc2ccc(C(F)(F)F)cc2)cc1. The van der Waals surface area contributed by atoms with E-state index in [0.717, 1.165) is 35.0 Å². The van der Waals surface area contributed by atoms with Crippen LogP contribution in [0.2, 0.25) is 0 Å². The largest absolute Gasteiger partial charge is 0.489 e. The van der Waals surface area contributed by atoms with E-state index in [0.29, 0.717) is 22.8 Å². The van der Waals surface area contributed by atoms with Gasteiger partial charge in [-0.15, -0.1) is 0 Å². The summed E-state index contributed by atoms with van der Waals surface area (Å²) in [7, 11) is 0. The van der Waals surface area contributed by atoms with Crippen LogP contribution in [0.5, 0.6) is 5.75 Å². The lowest BCUT2D eigenvalue weighted by Gasteiger charge is -2.16. The Bertz CT molecular complexity index is 1630. The highest BCUT2D eigenvalue weighted by Crippen LogP contribution is 2.36. The molecule has 0 atom stereocenters. The number of amides is 1. The lowest BCUT2D eigenvalue weighted by molar-refractivity contribution is -0.137. The molecule has 6 nitrogen and oxygen atoms in total. The average molecular weight is 589 g/mol. The van der Waals surface area contributed by atoms with Crippen molar-refractivity contribution in [1.29, 1.82) is 0 Å². The summed E-state index contributed by atoms with van der Waals surface area (Å²) >= 11 is 1.11. The molecule has 1 aliphatic rings. The van der Waals surface area contributed by atoms with Crippen molar-refractivity contribution in [1.82, 2.24) is 4.90 Å². The summed E-state index contributed by atoms with van der Waals surface area (Å²) in [5.41, 5.74) is 2.01. The highest BCUT2D eigenvalue weighted by molar-refractivity contribution is 8.18. The van der Waals surface area contributed by atoms with Gasteiger partial charge in [0.15, 0.2) is 5.17 Å². The van der Waals surface area contributed by atoms with Gasteiger partial charge >= 0.3 is 12.1 Å². The first-order chi connectivity index (χ1) is 20.2. The second-order valence-electron chi connectivity index (χ2n) is 9.29. The van der Waals surface area contributed by atoms with Crippen molar-refractivity contribution < 1.29 is 32.6 Å². The fourth-order valence-electron chi connectivity index (χ4n) is 4.05. The third kappa shape index (κ3) is 7.08. The van der Waals surface area contributed by atoms with Crippen LogP contribution in [-0.4, -0.2) is 27.1 Å². The van der Waals surface area contributed by atoms with Crippen LogP contribution in [0.4, 0.5) is 18.9 Å². The number of amidine groups is 1. The number of carbonyl (C=O) groups excluding carboxylic acids is 1. The number of aromatic carboxylic acids is 1. The Hall–Kier alpha value is -4.83. The number of hydrogen-bond donors (Lipinski definition) is 1. The molecular formula is C32H23F3N2O4S. The zero-order valence-electron chi connectivity index (χ0n) is 21.9. The summed E-state index contributed by atoms with van der Waals surface area (Å²) in [4.78, 5) is 31.0. The topological polar surface area (TPSA) is 79.2 Å². The maximum atomic E-state index is 13.5. The number of aliphatic imine (C=N–C) groups is 1. The zero-order valence-corrected chi connectivity index (χ0v) is 22.7. The number of carboxylic acid groups (broad SMARTS) is 1. The Morgan fingerprint density at radius 1 is 0.881 bits per heavy atom. The van der Waals surface area contributed by atoms with Gasteiger partial charge in [-0.1, -0.05) is 54.6 Å². The van der Waals surface area contributed by atoms with E-state index in [1.165, 1.54) is 29.2 Å². The number of benzene rings is 4. The molecule has 1 N–H and O–H groups in total. The minimum atomic E-state index is -4.48. The minimum absolute atomic E-state index is 0.0921. The van der Waals surface area contributed by atoms with Gasteiger partial charge in [-0.2, -0.15) is 13.2 Å². The quantitative estimate of drug-likeness (QED) is 0.213. The summed E-state index contributed by atoms with van der Waals surface area (Å²) < 4.78 is 44.9. The highest BCUT2D eigenvalue weighted by atomic mass is 32.2. The van der Waals surface area contributed by atoms with Crippen LogP contribution in [0.15, 0.2) is 113 Å². The molecule has 0 spiro atoms. The Morgan fingerprint density at radius 2 is 1.55 bits per heavy atom. The molecule has 4 aromatic rings. The maximum absolute atomic E-state index is 13.5. The molecule has 0 saturated carbocycles. The minimum Gasteiger partial charge on any atom is -0.489 e. The molecule has 0 aliphatic carbocycles. The maximum Gasteiger partial charge on any atom is 0.416 e. The van der Waals surface area contributed by atoms with Crippen molar-refractivity contribution in [3.63, 3.8) is 0 Å². The van der Waals surface area contributed by atoms with E-state index in [2.05, 4.69) is 4.99 Å². The fraction of sp³-hybridized carbons (Fsp3) is 0.0938. The molecule has 1 amide bonds. The molecule has 1 saturated heterocycles. The number of hydrogen-bond acceptors (Lipinski definition) is 5. The van der Waals surface area contributed by atoms with Crippen molar-refractivity contribution in [3.05, 3.63) is 136 Å². The number of carbonyl (C=O) groups is 2. The molecule has 4 aromatic carbocycles. The predicted octanol–water partition coefficient (Wildman–Crippen LogP) is 7.79. The van der Waals surface area contributed by atoms with Crippen LogP contribution >= 0.6 is 11.8 Å². The van der Waals surface area contributed by atoms with Gasteiger partial charge in [0.1, 0.15) is 12.4 Å². The molecule has 0 radical (unpaired) electrons. The van der Waals surface area contributed by atoms with Crippen LogP contribution in [0.1, 0.15) is 32.6 Å². The average Bonchev–Trinajstić information content (AvgIpc) is 3.26. The lowest BCUT2D eigenvalue weighted by atomic mass is 10.1. The predicted molar refractivity (Wildman–Crippen MR) is 155 cm³/mol. The Balaban J connectivity index is 1.38. The normalized spacial score (nSPS) is 15.4. The fourth-order valence-corrected chi connectivity index (χ4v) is 5.05. The number of alkyl halides is 3. The Kier molecular flexibility index (Phi) is 8.44. The van der Waals surface area contributed by atoms with Gasteiger partial charge in [-0.25, -0.2) is 9.79 Å². The van der Waals surface area contributed by atoms with Gasteiger partial charge in [-0.3, -0.25) is 9.69 Å². The van der Waals surface area contributed by atoms with E-state index in [1.807, 2.05) is 42.5 Å². The van der Waals surface area contributed by atoms with E-state index in [-0.39, 0.29) is 28.9 Å². The highest BCUT2D eigenvalue weighted by Gasteiger charge is 2.34. The van der Waals surface area contributed by atoms with E-state index in [9.17, 15) is 27.9 Å². The van der Waals surface area contributed by atoms with Crippen molar-refractivity contribution in [3.8, 4) is 5.75 Å².